The Kier molecular flexibility index (Phi) is 11.8. The molecule has 1 aromatic heterocycles. The second-order valence-corrected chi connectivity index (χ2v) is 9.89. The number of alkyl halides is 3. The molecule has 0 saturated carbocycles. The molecule has 3 N–H and O–H groups in total. The summed E-state index contributed by atoms with van der Waals surface area (Å²) < 4.78 is 48.1. The summed E-state index contributed by atoms with van der Waals surface area (Å²) in [6, 6.07) is 14.6. The molecule has 0 unspecified atom stereocenters. The number of benzene rings is 2. The number of nitrogens with one attached hydrogen (secondary N) is 1. The number of nitriles is 1. The molecule has 0 aliphatic carbocycles. The maximum atomic E-state index is 13.7. The highest BCUT2D eigenvalue weighted by atomic mass is 32.1. The molecule has 12 heteroatoms. The molecular formula is C29H33F3N6O2S. The molecule has 1 heterocycles. The van der Waals surface area contributed by atoms with Gasteiger partial charge in [-0.3, -0.25) is 4.79 Å². The van der Waals surface area contributed by atoms with Crippen LogP contribution >= 0.6 is 12.2 Å². The molecule has 0 aliphatic rings. The predicted molar refractivity (Wildman–Crippen MR) is 153 cm³/mol. The third-order valence-electron chi connectivity index (χ3n) is 6.55. The van der Waals surface area contributed by atoms with Crippen LogP contribution in [0, 0.1) is 17.2 Å². The Morgan fingerprint density at radius 2 is 1.98 bits per heavy atom. The number of rotatable bonds is 14. The van der Waals surface area contributed by atoms with Gasteiger partial charge in [-0.05, 0) is 54.5 Å². The Bertz CT molecular complexity index is 1340. The van der Waals surface area contributed by atoms with Crippen LogP contribution in [0.15, 0.2) is 61.1 Å². The number of methoxy groups -OCH3 is 1. The van der Waals surface area contributed by atoms with E-state index in [0.29, 0.717) is 37.4 Å². The van der Waals surface area contributed by atoms with Crippen LogP contribution in [-0.2, 0) is 35.2 Å². The minimum absolute atomic E-state index is 0.0512. The van der Waals surface area contributed by atoms with Crippen molar-refractivity contribution < 1.29 is 22.7 Å². The summed E-state index contributed by atoms with van der Waals surface area (Å²) in [6.45, 7) is 1.34. The molecule has 0 fully saturated rings. The van der Waals surface area contributed by atoms with Gasteiger partial charge in [0.1, 0.15) is 5.78 Å². The third-order valence-corrected chi connectivity index (χ3v) is 6.96. The standard InChI is InChI=1S/C29H33F3N6O2S/c1-40-13-12-36-28(41)37(18-23-4-2-3-5-26(23)29(30,31)32)19-24(10-11-33)27(39)14-25-16-35-20-38(25)17-22-8-6-21(15-34)7-9-22/h2-9,16,20,24H,10-14,17-19,33H2,1H3,(H,36,41)/t24-/m0/s1. The Morgan fingerprint density at radius 3 is 2.63 bits per heavy atom. The van der Waals surface area contributed by atoms with Gasteiger partial charge in [0.15, 0.2) is 5.11 Å². The van der Waals surface area contributed by atoms with Crippen molar-refractivity contribution in [3.05, 3.63) is 89.0 Å². The number of nitrogens with zero attached hydrogens (tertiary/aromatic N) is 4. The third kappa shape index (κ3) is 9.38. The van der Waals surface area contributed by atoms with Gasteiger partial charge in [-0.15, -0.1) is 0 Å². The largest absolute Gasteiger partial charge is 0.416 e. The first-order valence-electron chi connectivity index (χ1n) is 13.0. The zero-order valence-corrected chi connectivity index (χ0v) is 23.5. The molecule has 3 aromatic rings. The van der Waals surface area contributed by atoms with E-state index >= 15 is 0 Å². The van der Waals surface area contributed by atoms with Gasteiger partial charge in [0, 0.05) is 57.5 Å². The second-order valence-electron chi connectivity index (χ2n) is 9.50. The molecule has 0 amide bonds. The number of aromatic nitrogens is 2. The molecule has 0 spiro atoms. The lowest BCUT2D eigenvalue weighted by Gasteiger charge is -2.30. The quantitative estimate of drug-likeness (QED) is 0.216. The second kappa shape index (κ2) is 15.3. The average Bonchev–Trinajstić information content (AvgIpc) is 3.38. The van der Waals surface area contributed by atoms with Crippen molar-refractivity contribution >= 4 is 23.1 Å². The molecule has 0 radical (unpaired) electrons. The highest BCUT2D eigenvalue weighted by Crippen LogP contribution is 2.32. The van der Waals surface area contributed by atoms with E-state index in [0.717, 1.165) is 11.6 Å². The van der Waals surface area contributed by atoms with Gasteiger partial charge in [0.25, 0.3) is 0 Å². The number of halogens is 3. The monoisotopic (exact) mass is 586 g/mol. The van der Waals surface area contributed by atoms with Crippen LogP contribution in [0.3, 0.4) is 0 Å². The topological polar surface area (TPSA) is 109 Å². The number of ketones is 1. The zero-order chi connectivity index (χ0) is 29.8. The first-order chi connectivity index (χ1) is 19.7. The van der Waals surface area contributed by atoms with Crippen molar-refractivity contribution in [2.75, 3.05) is 33.4 Å². The van der Waals surface area contributed by atoms with Gasteiger partial charge in [-0.25, -0.2) is 4.98 Å². The van der Waals surface area contributed by atoms with E-state index < -0.39 is 17.7 Å². The van der Waals surface area contributed by atoms with E-state index in [9.17, 15) is 18.0 Å². The number of thiocarbonyl (C=S) groups is 1. The normalized spacial score (nSPS) is 12.0. The molecule has 0 aliphatic heterocycles. The molecule has 1 atom stereocenters. The van der Waals surface area contributed by atoms with Crippen molar-refractivity contribution in [2.45, 2.75) is 32.1 Å². The summed E-state index contributed by atoms with van der Waals surface area (Å²) in [5, 5.41) is 12.3. The molecule has 0 saturated heterocycles. The molecular weight excluding hydrogens is 553 g/mol. The van der Waals surface area contributed by atoms with Crippen molar-refractivity contribution in [3.63, 3.8) is 0 Å². The van der Waals surface area contributed by atoms with Crippen LogP contribution in [0.4, 0.5) is 13.2 Å². The lowest BCUT2D eigenvalue weighted by molar-refractivity contribution is -0.138. The van der Waals surface area contributed by atoms with E-state index in [2.05, 4.69) is 16.4 Å². The lowest BCUT2D eigenvalue weighted by Crippen LogP contribution is -2.45. The first kappa shape index (κ1) is 31.7. The van der Waals surface area contributed by atoms with Gasteiger partial charge in [0.2, 0.25) is 0 Å². The lowest BCUT2D eigenvalue weighted by atomic mass is 9.95. The Balaban J connectivity index is 1.80. The number of Topliss-reactive ketones (excluding diaryl/α,β-unsaturated/α-hetero) is 1. The van der Waals surface area contributed by atoms with Gasteiger partial charge in [-0.2, -0.15) is 18.4 Å². The van der Waals surface area contributed by atoms with E-state index in [1.54, 1.807) is 35.6 Å². The number of imidazole rings is 1. The van der Waals surface area contributed by atoms with Crippen molar-refractivity contribution in [2.24, 2.45) is 11.7 Å². The van der Waals surface area contributed by atoms with E-state index in [-0.39, 0.29) is 42.5 Å². The fourth-order valence-electron chi connectivity index (χ4n) is 4.39. The van der Waals surface area contributed by atoms with E-state index in [1.807, 2.05) is 16.7 Å². The summed E-state index contributed by atoms with van der Waals surface area (Å²) in [7, 11) is 1.53. The smallest absolute Gasteiger partial charge is 0.383 e. The number of carbonyl (C=O) groups excluding carboxylic acids is 1. The average molecular weight is 587 g/mol. The van der Waals surface area contributed by atoms with Crippen LogP contribution in [0.1, 0.15) is 34.4 Å². The fraction of sp³-hybridized carbons (Fsp3) is 0.379. The number of hydrogen-bond acceptors (Lipinski definition) is 6. The number of hydrogen-bond donors (Lipinski definition) is 2. The maximum Gasteiger partial charge on any atom is 0.416 e. The number of ether oxygens (including phenoxy) is 1. The molecule has 8 nitrogen and oxygen atoms in total. The Morgan fingerprint density at radius 1 is 1.24 bits per heavy atom. The van der Waals surface area contributed by atoms with Crippen LogP contribution in [0.25, 0.3) is 0 Å². The Hall–Kier alpha value is -3.79. The van der Waals surface area contributed by atoms with E-state index in [1.165, 1.54) is 19.2 Å². The van der Waals surface area contributed by atoms with Crippen molar-refractivity contribution in [3.8, 4) is 6.07 Å². The predicted octanol–water partition coefficient (Wildman–Crippen LogP) is 3.92. The van der Waals surface area contributed by atoms with Crippen molar-refractivity contribution in [1.82, 2.24) is 19.8 Å². The summed E-state index contributed by atoms with van der Waals surface area (Å²) >= 11 is 5.54. The SMILES string of the molecule is COCCNC(=S)N(Cc1ccccc1C(F)(F)F)C[C@H](CCN)C(=O)Cc1cncn1Cc1ccc(C#N)cc1. The highest BCUT2D eigenvalue weighted by Gasteiger charge is 2.34. The van der Waals surface area contributed by atoms with E-state index in [4.69, 9.17) is 28.0 Å². The summed E-state index contributed by atoms with van der Waals surface area (Å²) in [6.07, 6.45) is -0.880. The minimum Gasteiger partial charge on any atom is -0.383 e. The Labute approximate surface area is 242 Å². The molecule has 3 rings (SSSR count). The molecule has 41 heavy (non-hydrogen) atoms. The molecule has 0 bridgehead atoms. The molecule has 218 valence electrons. The van der Waals surface area contributed by atoms with Crippen LogP contribution < -0.4 is 11.1 Å². The van der Waals surface area contributed by atoms with Gasteiger partial charge in [0.05, 0.1) is 30.1 Å². The summed E-state index contributed by atoms with van der Waals surface area (Å²) in [5.41, 5.74) is 7.34. The van der Waals surface area contributed by atoms with Gasteiger partial charge >= 0.3 is 6.18 Å². The highest BCUT2D eigenvalue weighted by molar-refractivity contribution is 7.80. The minimum atomic E-state index is -4.53. The number of carbonyl (C=O) groups is 1. The van der Waals surface area contributed by atoms with Crippen LogP contribution in [0.2, 0.25) is 0 Å². The summed E-state index contributed by atoms with van der Waals surface area (Å²) in [5.74, 6) is -0.704. The fourth-order valence-corrected chi connectivity index (χ4v) is 4.64. The van der Waals surface area contributed by atoms with Gasteiger partial charge in [-0.1, -0.05) is 30.3 Å². The van der Waals surface area contributed by atoms with Gasteiger partial charge < -0.3 is 25.3 Å². The molecule has 2 aromatic carbocycles. The zero-order valence-electron chi connectivity index (χ0n) is 22.7. The number of nitrogens with two attached hydrogens (primary N) is 1. The van der Waals surface area contributed by atoms with Crippen molar-refractivity contribution in [1.29, 1.82) is 5.26 Å². The van der Waals surface area contributed by atoms with Crippen LogP contribution in [0.5, 0.6) is 0 Å². The van der Waals surface area contributed by atoms with Crippen LogP contribution in [-0.4, -0.2) is 58.7 Å². The maximum absolute atomic E-state index is 13.7. The first-order valence-corrected chi connectivity index (χ1v) is 13.4. The summed E-state index contributed by atoms with van der Waals surface area (Å²) in [4.78, 5) is 19.4.